The Morgan fingerprint density at radius 3 is 2.70 bits per heavy atom. The second-order valence-corrected chi connectivity index (χ2v) is 7.75. The summed E-state index contributed by atoms with van der Waals surface area (Å²) in [5, 5.41) is 23.8. The van der Waals surface area contributed by atoms with Crippen molar-refractivity contribution in [2.24, 2.45) is 0 Å². The number of fused-ring (bicyclic) bond motifs is 1. The van der Waals surface area contributed by atoms with E-state index in [0.717, 1.165) is 38.1 Å². The summed E-state index contributed by atoms with van der Waals surface area (Å²) in [5.41, 5.74) is -0.0812. The molecule has 0 amide bonds. The number of phenols is 1. The van der Waals surface area contributed by atoms with Gasteiger partial charge in [-0.15, -0.1) is 10.2 Å². The molecule has 4 rings (SSSR count). The standard InChI is InChI=1S/C21H22F3N5O/c1-12-8-13(21(22,23)24)9-17(30)18(12)19-15-5-6-25-10-16(15)20(28-27-19)26-14-4-3-7-29(2)11-14/h5-6,8-10,14,30H,3-4,7,11H2,1-2H3,(H,26,28)/t14-/m1/s1. The minimum Gasteiger partial charge on any atom is -0.507 e. The Balaban J connectivity index is 1.79. The number of likely N-dealkylation sites (tertiary alicyclic amines) is 1. The molecule has 3 heterocycles. The van der Waals surface area contributed by atoms with Gasteiger partial charge in [0, 0.05) is 41.3 Å². The van der Waals surface area contributed by atoms with Crippen molar-refractivity contribution < 1.29 is 18.3 Å². The molecule has 0 aliphatic carbocycles. The number of likely N-dealkylation sites (N-methyl/N-ethyl adjacent to an activating group) is 1. The van der Waals surface area contributed by atoms with Crippen molar-refractivity contribution in [3.63, 3.8) is 0 Å². The summed E-state index contributed by atoms with van der Waals surface area (Å²) < 4.78 is 39.2. The highest BCUT2D eigenvalue weighted by Gasteiger charge is 2.32. The van der Waals surface area contributed by atoms with E-state index in [1.54, 1.807) is 18.5 Å². The molecule has 1 fully saturated rings. The van der Waals surface area contributed by atoms with Gasteiger partial charge in [-0.1, -0.05) is 0 Å². The molecule has 3 aromatic rings. The van der Waals surface area contributed by atoms with Crippen LogP contribution in [0.2, 0.25) is 0 Å². The Morgan fingerprint density at radius 1 is 1.20 bits per heavy atom. The van der Waals surface area contributed by atoms with Crippen LogP contribution in [0.4, 0.5) is 19.0 Å². The number of aromatic hydroxyl groups is 1. The van der Waals surface area contributed by atoms with Crippen LogP contribution in [0.25, 0.3) is 22.0 Å². The third-order valence-electron chi connectivity index (χ3n) is 5.43. The lowest BCUT2D eigenvalue weighted by molar-refractivity contribution is -0.137. The van der Waals surface area contributed by atoms with E-state index in [9.17, 15) is 18.3 Å². The number of rotatable bonds is 3. The van der Waals surface area contributed by atoms with Crippen LogP contribution in [0.15, 0.2) is 30.6 Å². The van der Waals surface area contributed by atoms with Crippen molar-refractivity contribution in [1.29, 1.82) is 0 Å². The van der Waals surface area contributed by atoms with Gasteiger partial charge in [-0.25, -0.2) is 0 Å². The molecule has 0 spiro atoms. The molecule has 1 aliphatic rings. The number of aromatic nitrogens is 3. The molecule has 0 radical (unpaired) electrons. The van der Waals surface area contributed by atoms with Gasteiger partial charge in [-0.3, -0.25) is 4.98 Å². The Hall–Kier alpha value is -2.94. The summed E-state index contributed by atoms with van der Waals surface area (Å²) in [6, 6.07) is 3.68. The normalized spacial score (nSPS) is 18.0. The molecule has 6 nitrogen and oxygen atoms in total. The number of piperidine rings is 1. The summed E-state index contributed by atoms with van der Waals surface area (Å²) in [6.45, 7) is 3.45. The molecule has 0 unspecified atom stereocenters. The molecule has 30 heavy (non-hydrogen) atoms. The van der Waals surface area contributed by atoms with Crippen LogP contribution in [0.1, 0.15) is 24.0 Å². The van der Waals surface area contributed by atoms with E-state index < -0.39 is 17.5 Å². The van der Waals surface area contributed by atoms with Crippen molar-refractivity contribution in [3.05, 3.63) is 41.7 Å². The number of benzene rings is 1. The Bertz CT molecular complexity index is 1060. The van der Waals surface area contributed by atoms with Gasteiger partial charge in [0.05, 0.1) is 5.56 Å². The summed E-state index contributed by atoms with van der Waals surface area (Å²) in [7, 11) is 2.07. The summed E-state index contributed by atoms with van der Waals surface area (Å²) in [5.74, 6) is 0.0931. The number of anilines is 1. The van der Waals surface area contributed by atoms with Crippen LogP contribution in [0.5, 0.6) is 5.75 Å². The lowest BCUT2D eigenvalue weighted by Gasteiger charge is -2.30. The molecular weight excluding hydrogens is 395 g/mol. The van der Waals surface area contributed by atoms with Crippen LogP contribution < -0.4 is 5.32 Å². The van der Waals surface area contributed by atoms with E-state index in [1.807, 2.05) is 0 Å². The maximum absolute atomic E-state index is 13.1. The van der Waals surface area contributed by atoms with Crippen molar-refractivity contribution in [3.8, 4) is 17.0 Å². The van der Waals surface area contributed by atoms with Gasteiger partial charge >= 0.3 is 6.18 Å². The Labute approximate surface area is 171 Å². The highest BCUT2D eigenvalue weighted by molar-refractivity contribution is 6.01. The molecule has 1 saturated heterocycles. The molecule has 2 aromatic heterocycles. The third-order valence-corrected chi connectivity index (χ3v) is 5.43. The van der Waals surface area contributed by atoms with Crippen molar-refractivity contribution in [2.45, 2.75) is 32.0 Å². The largest absolute Gasteiger partial charge is 0.507 e. The highest BCUT2D eigenvalue weighted by Crippen LogP contribution is 2.40. The molecule has 1 atom stereocenters. The first kappa shape index (κ1) is 20.3. The average molecular weight is 417 g/mol. The number of alkyl halides is 3. The summed E-state index contributed by atoms with van der Waals surface area (Å²) >= 11 is 0. The first-order chi connectivity index (χ1) is 14.2. The lowest BCUT2D eigenvalue weighted by atomic mass is 9.97. The van der Waals surface area contributed by atoms with Gasteiger partial charge in [-0.2, -0.15) is 13.2 Å². The molecule has 1 aromatic carbocycles. The van der Waals surface area contributed by atoms with Crippen LogP contribution in [-0.4, -0.2) is 51.4 Å². The molecule has 0 bridgehead atoms. The van der Waals surface area contributed by atoms with Crippen molar-refractivity contribution in [1.82, 2.24) is 20.1 Å². The number of hydrogen-bond donors (Lipinski definition) is 2. The van der Waals surface area contributed by atoms with E-state index >= 15 is 0 Å². The van der Waals surface area contributed by atoms with Gasteiger partial charge in [0.15, 0.2) is 5.82 Å². The third kappa shape index (κ3) is 3.89. The number of phenolic OH excluding ortho intramolecular Hbond substituents is 1. The van der Waals surface area contributed by atoms with Gasteiger partial charge in [0.25, 0.3) is 0 Å². The molecule has 1 aliphatic heterocycles. The van der Waals surface area contributed by atoms with Gasteiger partial charge in [0.1, 0.15) is 11.4 Å². The predicted octanol–water partition coefficient (Wildman–Crippen LogP) is 4.23. The van der Waals surface area contributed by atoms with Crippen molar-refractivity contribution >= 4 is 16.6 Å². The fourth-order valence-corrected chi connectivity index (χ4v) is 4.01. The second kappa shape index (κ2) is 7.71. The Kier molecular flexibility index (Phi) is 5.23. The smallest absolute Gasteiger partial charge is 0.416 e. The van der Waals surface area contributed by atoms with Crippen molar-refractivity contribution in [2.75, 3.05) is 25.5 Å². The van der Waals surface area contributed by atoms with E-state index in [4.69, 9.17) is 0 Å². The maximum Gasteiger partial charge on any atom is 0.416 e. The Morgan fingerprint density at radius 2 is 2.00 bits per heavy atom. The number of hydrogen-bond acceptors (Lipinski definition) is 6. The lowest BCUT2D eigenvalue weighted by Crippen LogP contribution is -2.40. The van der Waals surface area contributed by atoms with E-state index in [2.05, 4.69) is 32.4 Å². The molecule has 9 heteroatoms. The maximum atomic E-state index is 13.1. The van der Waals surface area contributed by atoms with Gasteiger partial charge in [0.2, 0.25) is 0 Å². The molecule has 158 valence electrons. The topological polar surface area (TPSA) is 74.2 Å². The van der Waals surface area contributed by atoms with Crippen LogP contribution in [0.3, 0.4) is 0 Å². The first-order valence-electron chi connectivity index (χ1n) is 9.70. The minimum absolute atomic E-state index is 0.216. The zero-order valence-corrected chi connectivity index (χ0v) is 16.7. The molecular formula is C21H22F3N5O. The van der Waals surface area contributed by atoms with Crippen LogP contribution in [-0.2, 0) is 6.18 Å². The second-order valence-electron chi connectivity index (χ2n) is 7.75. The van der Waals surface area contributed by atoms with E-state index in [0.29, 0.717) is 22.3 Å². The van der Waals surface area contributed by atoms with E-state index in [1.165, 1.54) is 6.92 Å². The fourth-order valence-electron chi connectivity index (χ4n) is 4.01. The number of nitrogens with one attached hydrogen (secondary N) is 1. The van der Waals surface area contributed by atoms with Crippen LogP contribution in [0, 0.1) is 6.92 Å². The first-order valence-corrected chi connectivity index (χ1v) is 9.70. The zero-order chi connectivity index (χ0) is 21.5. The number of nitrogens with zero attached hydrogens (tertiary/aromatic N) is 4. The predicted molar refractivity (Wildman–Crippen MR) is 108 cm³/mol. The highest BCUT2D eigenvalue weighted by atomic mass is 19.4. The fraction of sp³-hybridized carbons (Fsp3) is 0.381. The average Bonchev–Trinajstić information content (AvgIpc) is 2.68. The SMILES string of the molecule is Cc1cc(C(F)(F)F)cc(O)c1-c1nnc(N[C@@H]2CCCN(C)C2)c2cnccc12. The molecule has 2 N–H and O–H groups in total. The number of halogens is 3. The molecule has 0 saturated carbocycles. The zero-order valence-electron chi connectivity index (χ0n) is 16.7. The number of aryl methyl sites for hydroxylation is 1. The van der Waals surface area contributed by atoms with Gasteiger partial charge in [-0.05, 0) is 57.1 Å². The summed E-state index contributed by atoms with van der Waals surface area (Å²) in [4.78, 5) is 6.42. The quantitative estimate of drug-likeness (QED) is 0.664. The van der Waals surface area contributed by atoms with Gasteiger partial charge < -0.3 is 15.3 Å². The minimum atomic E-state index is -4.54. The van der Waals surface area contributed by atoms with Crippen LogP contribution >= 0.6 is 0 Å². The number of pyridine rings is 1. The van der Waals surface area contributed by atoms with E-state index in [-0.39, 0.29) is 17.2 Å². The monoisotopic (exact) mass is 417 g/mol. The summed E-state index contributed by atoms with van der Waals surface area (Å²) in [6.07, 6.45) is 0.781.